The van der Waals surface area contributed by atoms with Crippen molar-refractivity contribution in [2.45, 2.75) is 12.3 Å². The summed E-state index contributed by atoms with van der Waals surface area (Å²) in [5, 5.41) is 0. The zero-order valence-corrected chi connectivity index (χ0v) is 9.02. The van der Waals surface area contributed by atoms with Crippen LogP contribution >= 0.6 is 11.6 Å². The molecule has 0 spiro atoms. The molecular weight excluding hydrogens is 228 g/mol. The molecule has 0 amide bonds. The Kier molecular flexibility index (Phi) is 4.08. The average Bonchev–Trinajstić information content (AvgIpc) is 2.26. The molecule has 0 aromatic carbocycles. The highest BCUT2D eigenvalue weighted by Crippen LogP contribution is 2.33. The zero-order chi connectivity index (χ0) is 11.4. The van der Waals surface area contributed by atoms with Gasteiger partial charge >= 0.3 is 0 Å². The molecule has 0 atom stereocenters. The Labute approximate surface area is 91.0 Å². The van der Waals surface area contributed by atoms with Crippen molar-refractivity contribution < 1.29 is 18.3 Å². The summed E-state index contributed by atoms with van der Waals surface area (Å²) in [5.41, 5.74) is -0.0196. The van der Waals surface area contributed by atoms with E-state index in [1.165, 1.54) is 20.3 Å². The van der Waals surface area contributed by atoms with Crippen LogP contribution in [0.3, 0.4) is 0 Å². The molecular formula is C9H10ClF2NO2. The molecule has 0 unspecified atom stereocenters. The molecule has 0 N–H and O–H groups in total. The van der Waals surface area contributed by atoms with E-state index in [0.29, 0.717) is 5.56 Å². The number of hydrogen-bond acceptors (Lipinski definition) is 3. The second kappa shape index (κ2) is 5.11. The van der Waals surface area contributed by atoms with Crippen molar-refractivity contribution in [1.82, 2.24) is 4.98 Å². The number of pyridine rings is 1. The van der Waals surface area contributed by atoms with Gasteiger partial charge in [0, 0.05) is 11.6 Å². The number of alkyl halides is 3. The van der Waals surface area contributed by atoms with Crippen molar-refractivity contribution in [1.29, 1.82) is 0 Å². The van der Waals surface area contributed by atoms with Gasteiger partial charge in [0.15, 0.2) is 11.4 Å². The molecule has 0 fully saturated rings. The third-order valence-electron chi connectivity index (χ3n) is 1.82. The minimum absolute atomic E-state index is 0.0146. The first kappa shape index (κ1) is 12.0. The molecule has 0 radical (unpaired) electrons. The van der Waals surface area contributed by atoms with Gasteiger partial charge in [-0.1, -0.05) is 0 Å². The number of aromatic nitrogens is 1. The van der Waals surface area contributed by atoms with Crippen LogP contribution in [0.15, 0.2) is 6.07 Å². The Morgan fingerprint density at radius 3 is 2.47 bits per heavy atom. The molecule has 0 bridgehead atoms. The van der Waals surface area contributed by atoms with Crippen LogP contribution in [0.1, 0.15) is 17.7 Å². The van der Waals surface area contributed by atoms with Gasteiger partial charge in [0.05, 0.1) is 20.1 Å². The summed E-state index contributed by atoms with van der Waals surface area (Å²) < 4.78 is 34.8. The van der Waals surface area contributed by atoms with E-state index in [1.807, 2.05) is 0 Å². The summed E-state index contributed by atoms with van der Waals surface area (Å²) in [7, 11) is 2.65. The van der Waals surface area contributed by atoms with Crippen molar-refractivity contribution in [2.24, 2.45) is 0 Å². The normalized spacial score (nSPS) is 10.5. The Morgan fingerprint density at radius 2 is 2.07 bits per heavy atom. The summed E-state index contributed by atoms with van der Waals surface area (Å²) in [6.07, 6.45) is -2.72. The fourth-order valence-corrected chi connectivity index (χ4v) is 1.37. The van der Waals surface area contributed by atoms with Crippen LogP contribution in [0.2, 0.25) is 0 Å². The number of halogens is 3. The number of methoxy groups -OCH3 is 2. The van der Waals surface area contributed by atoms with Crippen molar-refractivity contribution in [3.63, 3.8) is 0 Å². The first-order chi connectivity index (χ1) is 7.13. The first-order valence-electron chi connectivity index (χ1n) is 4.10. The Morgan fingerprint density at radius 1 is 1.40 bits per heavy atom. The molecule has 0 aliphatic heterocycles. The van der Waals surface area contributed by atoms with E-state index >= 15 is 0 Å². The van der Waals surface area contributed by atoms with Crippen LogP contribution in [0, 0.1) is 0 Å². The predicted molar refractivity (Wildman–Crippen MR) is 51.9 cm³/mol. The van der Waals surface area contributed by atoms with Crippen LogP contribution in [0.5, 0.6) is 11.6 Å². The molecule has 0 aliphatic carbocycles. The van der Waals surface area contributed by atoms with E-state index in [2.05, 4.69) is 4.98 Å². The third kappa shape index (κ3) is 2.47. The molecule has 0 aliphatic rings. The Hall–Kier alpha value is -1.10. The lowest BCUT2D eigenvalue weighted by Gasteiger charge is -2.12. The zero-order valence-electron chi connectivity index (χ0n) is 8.26. The second-order valence-corrected chi connectivity index (χ2v) is 2.94. The number of ether oxygens (including phenoxy) is 2. The Bertz CT molecular complexity index is 347. The van der Waals surface area contributed by atoms with Crippen molar-refractivity contribution in [3.8, 4) is 11.6 Å². The van der Waals surface area contributed by atoms with Gasteiger partial charge in [0.2, 0.25) is 5.88 Å². The van der Waals surface area contributed by atoms with Gasteiger partial charge in [-0.05, 0) is 0 Å². The minimum Gasteiger partial charge on any atom is -0.494 e. The highest BCUT2D eigenvalue weighted by atomic mass is 35.5. The van der Waals surface area contributed by atoms with E-state index in [0.717, 1.165) is 0 Å². The minimum atomic E-state index is -2.72. The second-order valence-electron chi connectivity index (χ2n) is 2.68. The van der Waals surface area contributed by atoms with Crippen molar-refractivity contribution in [3.05, 3.63) is 17.3 Å². The van der Waals surface area contributed by atoms with E-state index in [9.17, 15) is 8.78 Å². The maximum absolute atomic E-state index is 12.6. The van der Waals surface area contributed by atoms with E-state index in [4.69, 9.17) is 21.1 Å². The van der Waals surface area contributed by atoms with Crippen LogP contribution in [0.4, 0.5) is 8.78 Å². The summed E-state index contributed by atoms with van der Waals surface area (Å²) >= 11 is 5.61. The van der Waals surface area contributed by atoms with Gasteiger partial charge < -0.3 is 9.47 Å². The molecule has 1 rings (SSSR count). The average molecular weight is 238 g/mol. The van der Waals surface area contributed by atoms with E-state index < -0.39 is 12.1 Å². The summed E-state index contributed by atoms with van der Waals surface area (Å²) in [6.45, 7) is 0. The summed E-state index contributed by atoms with van der Waals surface area (Å²) in [6, 6.07) is 1.47. The fraction of sp³-hybridized carbons (Fsp3) is 0.444. The lowest BCUT2D eigenvalue weighted by atomic mass is 10.2. The molecule has 0 saturated carbocycles. The highest BCUT2D eigenvalue weighted by Gasteiger charge is 2.20. The number of hydrogen-bond donors (Lipinski definition) is 0. The van der Waals surface area contributed by atoms with Crippen LogP contribution in [-0.2, 0) is 5.88 Å². The highest BCUT2D eigenvalue weighted by molar-refractivity contribution is 6.17. The lowest BCUT2D eigenvalue weighted by Crippen LogP contribution is -2.02. The summed E-state index contributed by atoms with van der Waals surface area (Å²) in [4.78, 5) is 3.61. The van der Waals surface area contributed by atoms with E-state index in [-0.39, 0.29) is 17.5 Å². The smallest absolute Gasteiger partial charge is 0.284 e. The number of nitrogens with zero attached hydrogens (tertiary/aromatic N) is 1. The quantitative estimate of drug-likeness (QED) is 0.755. The molecule has 3 nitrogen and oxygen atoms in total. The lowest BCUT2D eigenvalue weighted by molar-refractivity contribution is 0.140. The molecule has 1 heterocycles. The number of rotatable bonds is 4. The standard InChI is InChI=1S/C9H10ClF2NO2/c1-14-6-3-5(4-10)8(15-2)7(13-6)9(11)12/h3,9H,4H2,1-2H3. The topological polar surface area (TPSA) is 31.4 Å². The SMILES string of the molecule is COc1cc(CCl)c(OC)c(C(F)F)n1. The van der Waals surface area contributed by atoms with Crippen molar-refractivity contribution in [2.75, 3.05) is 14.2 Å². The van der Waals surface area contributed by atoms with Gasteiger partial charge in [-0.15, -0.1) is 11.6 Å². The molecule has 1 aromatic heterocycles. The van der Waals surface area contributed by atoms with Crippen LogP contribution in [-0.4, -0.2) is 19.2 Å². The summed E-state index contributed by atoms with van der Waals surface area (Å²) in [5.74, 6) is 0.171. The van der Waals surface area contributed by atoms with Gasteiger partial charge in [-0.3, -0.25) is 0 Å². The van der Waals surface area contributed by atoms with E-state index in [1.54, 1.807) is 0 Å². The monoisotopic (exact) mass is 237 g/mol. The van der Waals surface area contributed by atoms with Gasteiger partial charge in [-0.2, -0.15) is 0 Å². The molecule has 15 heavy (non-hydrogen) atoms. The van der Waals surface area contributed by atoms with Crippen molar-refractivity contribution >= 4 is 11.6 Å². The predicted octanol–water partition coefficient (Wildman–Crippen LogP) is 2.78. The Balaban J connectivity index is 3.32. The third-order valence-corrected chi connectivity index (χ3v) is 2.10. The fourth-order valence-electron chi connectivity index (χ4n) is 1.17. The largest absolute Gasteiger partial charge is 0.494 e. The first-order valence-corrected chi connectivity index (χ1v) is 4.63. The van der Waals surface area contributed by atoms with Gasteiger partial charge in [-0.25, -0.2) is 13.8 Å². The maximum Gasteiger partial charge on any atom is 0.284 e. The molecule has 84 valence electrons. The molecule has 0 saturated heterocycles. The molecule has 1 aromatic rings. The molecule has 6 heteroatoms. The van der Waals surface area contributed by atoms with Gasteiger partial charge in [0.1, 0.15) is 0 Å². The van der Waals surface area contributed by atoms with Crippen LogP contribution < -0.4 is 9.47 Å². The van der Waals surface area contributed by atoms with Crippen LogP contribution in [0.25, 0.3) is 0 Å². The van der Waals surface area contributed by atoms with Gasteiger partial charge in [0.25, 0.3) is 6.43 Å². The maximum atomic E-state index is 12.6.